The molecule has 1 aliphatic heterocycles. The first-order chi connectivity index (χ1) is 20.0. The Hall–Kier alpha value is -2.41. The van der Waals surface area contributed by atoms with E-state index in [1.165, 1.54) is 22.0 Å². The van der Waals surface area contributed by atoms with Crippen molar-refractivity contribution in [1.82, 2.24) is 13.9 Å². The summed E-state index contributed by atoms with van der Waals surface area (Å²) in [5.74, 6) is -0.430. The Kier molecular flexibility index (Phi) is 9.36. The van der Waals surface area contributed by atoms with E-state index in [0.717, 1.165) is 47.9 Å². The number of rotatable bonds is 7. The van der Waals surface area contributed by atoms with Gasteiger partial charge in [0.15, 0.2) is 5.16 Å². The second kappa shape index (κ2) is 12.7. The Balaban J connectivity index is 1.41. The van der Waals surface area contributed by atoms with Gasteiger partial charge in [-0.1, -0.05) is 53.9 Å². The second-order valence-corrected chi connectivity index (χ2v) is 15.1. The zero-order chi connectivity index (χ0) is 30.2. The van der Waals surface area contributed by atoms with Crippen LogP contribution in [0.3, 0.4) is 0 Å². The highest BCUT2D eigenvalue weighted by Gasteiger charge is 2.27. The number of thioether (sulfide) groups is 1. The summed E-state index contributed by atoms with van der Waals surface area (Å²) in [5, 5.41) is 4.31. The molecule has 0 radical (unpaired) electrons. The maximum Gasteiger partial charge on any atom is 0.267 e. The van der Waals surface area contributed by atoms with Crippen molar-refractivity contribution in [2.45, 2.75) is 56.5 Å². The lowest BCUT2D eigenvalue weighted by Gasteiger charge is -2.21. The number of carbonyl (C=O) groups is 1. The normalized spacial score (nSPS) is 14.7. The number of amides is 1. The van der Waals surface area contributed by atoms with Gasteiger partial charge >= 0.3 is 0 Å². The third-order valence-corrected chi connectivity index (χ3v) is 12.1. The first kappa shape index (κ1) is 31.0. The number of aromatic nitrogens is 2. The Morgan fingerprint density at radius 3 is 2.43 bits per heavy atom. The molecule has 222 valence electrons. The number of hydrogen-bond donors (Lipinski definition) is 1. The van der Waals surface area contributed by atoms with Crippen LogP contribution in [0.1, 0.15) is 41.7 Å². The monoisotopic (exact) mass is 664 g/mol. The molecule has 8 nitrogen and oxygen atoms in total. The lowest BCUT2D eigenvalue weighted by molar-refractivity contribution is -0.113. The standard InChI is InChI=1S/C29H30Cl2N4O4S3/c1-17-8-9-20(14-24(17)42(38,39)34-12-6-4-5-7-13-34)32-25(36)16-40-29-33-27-26(18(2)19(3)41-27)28(37)35(29)21-10-11-22(30)23(31)15-21/h8-11,14-15H,4-7,12-13,16H2,1-3H3,(H,32,36). The van der Waals surface area contributed by atoms with Gasteiger partial charge < -0.3 is 5.32 Å². The number of nitrogens with one attached hydrogen (secondary N) is 1. The minimum absolute atomic E-state index is 0.0648. The van der Waals surface area contributed by atoms with Crippen LogP contribution in [0.5, 0.6) is 0 Å². The van der Waals surface area contributed by atoms with E-state index >= 15 is 0 Å². The van der Waals surface area contributed by atoms with Crippen molar-refractivity contribution >= 4 is 78.1 Å². The number of nitrogens with zero attached hydrogens (tertiary/aromatic N) is 3. The summed E-state index contributed by atoms with van der Waals surface area (Å²) >= 11 is 14.9. The SMILES string of the molecule is Cc1ccc(NC(=O)CSc2nc3sc(C)c(C)c3c(=O)n2-c2ccc(Cl)c(Cl)c2)cc1S(=O)(=O)N1CCCCCC1. The van der Waals surface area contributed by atoms with Crippen LogP contribution in [0.4, 0.5) is 5.69 Å². The van der Waals surface area contributed by atoms with E-state index in [4.69, 9.17) is 28.2 Å². The van der Waals surface area contributed by atoms with Crippen LogP contribution in [0.15, 0.2) is 51.2 Å². The molecule has 2 aromatic heterocycles. The van der Waals surface area contributed by atoms with Gasteiger partial charge in [-0.25, -0.2) is 13.4 Å². The molecule has 1 saturated heterocycles. The summed E-state index contributed by atoms with van der Waals surface area (Å²) < 4.78 is 29.9. The average Bonchev–Trinajstić information content (AvgIpc) is 3.11. The van der Waals surface area contributed by atoms with Crippen molar-refractivity contribution in [2.75, 3.05) is 24.2 Å². The number of fused-ring (bicyclic) bond motifs is 1. The highest BCUT2D eigenvalue weighted by molar-refractivity contribution is 7.99. The third kappa shape index (κ3) is 6.27. The summed E-state index contributed by atoms with van der Waals surface area (Å²) in [6.07, 6.45) is 3.71. The fraction of sp³-hybridized carbons (Fsp3) is 0.345. The lowest BCUT2D eigenvalue weighted by atomic mass is 10.2. The summed E-state index contributed by atoms with van der Waals surface area (Å²) in [5.41, 5.74) is 2.09. The Labute approximate surface area is 263 Å². The van der Waals surface area contributed by atoms with Crippen LogP contribution in [0, 0.1) is 20.8 Å². The van der Waals surface area contributed by atoms with Crippen LogP contribution < -0.4 is 10.9 Å². The van der Waals surface area contributed by atoms with Crippen LogP contribution in [-0.2, 0) is 14.8 Å². The molecule has 0 aliphatic carbocycles. The minimum Gasteiger partial charge on any atom is -0.325 e. The van der Waals surface area contributed by atoms with Crippen molar-refractivity contribution < 1.29 is 13.2 Å². The van der Waals surface area contributed by atoms with Gasteiger partial charge in [-0.05, 0) is 75.1 Å². The van der Waals surface area contributed by atoms with E-state index in [-0.39, 0.29) is 22.1 Å². The topological polar surface area (TPSA) is 101 Å². The smallest absolute Gasteiger partial charge is 0.267 e. The molecule has 0 saturated carbocycles. The summed E-state index contributed by atoms with van der Waals surface area (Å²) in [4.78, 5) is 33.3. The molecule has 3 heterocycles. The molecule has 0 atom stereocenters. The largest absolute Gasteiger partial charge is 0.325 e. The molecular formula is C29H30Cl2N4O4S3. The second-order valence-electron chi connectivity index (χ2n) is 10.2. The molecule has 1 fully saturated rings. The molecule has 1 N–H and O–H groups in total. The lowest BCUT2D eigenvalue weighted by Crippen LogP contribution is -2.32. The first-order valence-electron chi connectivity index (χ1n) is 13.5. The number of sulfonamides is 1. The van der Waals surface area contributed by atoms with Crippen LogP contribution >= 0.6 is 46.3 Å². The summed E-state index contributed by atoms with van der Waals surface area (Å²) in [7, 11) is -3.69. The third-order valence-electron chi connectivity index (χ3n) is 7.32. The Morgan fingerprint density at radius 2 is 1.74 bits per heavy atom. The van der Waals surface area contributed by atoms with Crippen LogP contribution in [-0.4, -0.2) is 47.0 Å². The van der Waals surface area contributed by atoms with Crippen molar-refractivity contribution in [3.63, 3.8) is 0 Å². The van der Waals surface area contributed by atoms with Crippen molar-refractivity contribution in [2.24, 2.45) is 0 Å². The van der Waals surface area contributed by atoms with E-state index < -0.39 is 10.0 Å². The predicted octanol–water partition coefficient (Wildman–Crippen LogP) is 6.97. The van der Waals surface area contributed by atoms with Gasteiger partial charge in [-0.3, -0.25) is 14.2 Å². The molecule has 2 aromatic carbocycles. The highest BCUT2D eigenvalue weighted by Crippen LogP contribution is 2.32. The molecular weight excluding hydrogens is 635 g/mol. The molecule has 42 heavy (non-hydrogen) atoms. The molecule has 4 aromatic rings. The van der Waals surface area contributed by atoms with E-state index in [9.17, 15) is 18.0 Å². The number of hydrogen-bond acceptors (Lipinski definition) is 7. The summed E-state index contributed by atoms with van der Waals surface area (Å²) in [6.45, 7) is 6.57. The van der Waals surface area contributed by atoms with E-state index in [1.807, 2.05) is 13.8 Å². The quantitative estimate of drug-likeness (QED) is 0.169. The van der Waals surface area contributed by atoms with Gasteiger partial charge in [0.05, 0.1) is 31.8 Å². The molecule has 13 heteroatoms. The number of aryl methyl sites for hydroxylation is 3. The Bertz CT molecular complexity index is 1850. The van der Waals surface area contributed by atoms with Gasteiger partial charge in [0.1, 0.15) is 4.83 Å². The fourth-order valence-electron chi connectivity index (χ4n) is 4.93. The molecule has 5 rings (SSSR count). The van der Waals surface area contributed by atoms with Gasteiger partial charge in [-0.15, -0.1) is 11.3 Å². The number of anilines is 1. The van der Waals surface area contributed by atoms with Gasteiger partial charge in [0.2, 0.25) is 15.9 Å². The minimum atomic E-state index is -3.69. The Morgan fingerprint density at radius 1 is 1.02 bits per heavy atom. The predicted molar refractivity (Wildman–Crippen MR) is 172 cm³/mol. The molecule has 0 bridgehead atoms. The van der Waals surface area contributed by atoms with Crippen LogP contribution in [0.2, 0.25) is 10.0 Å². The molecule has 1 aliphatic rings. The number of halogens is 2. The van der Waals surface area contributed by atoms with E-state index in [1.54, 1.807) is 41.6 Å². The zero-order valence-electron chi connectivity index (χ0n) is 23.4. The highest BCUT2D eigenvalue weighted by atomic mass is 35.5. The van der Waals surface area contributed by atoms with Gasteiger partial charge in [-0.2, -0.15) is 4.31 Å². The fourth-order valence-corrected chi connectivity index (χ4v) is 8.87. The first-order valence-corrected chi connectivity index (χ1v) is 17.5. The average molecular weight is 666 g/mol. The zero-order valence-corrected chi connectivity index (χ0v) is 27.3. The molecule has 1 amide bonds. The van der Waals surface area contributed by atoms with Crippen molar-refractivity contribution in [3.8, 4) is 5.69 Å². The molecule has 0 spiro atoms. The van der Waals surface area contributed by atoms with Gasteiger partial charge in [0, 0.05) is 23.7 Å². The number of benzene rings is 2. The molecule has 0 unspecified atom stereocenters. The van der Waals surface area contributed by atoms with Gasteiger partial charge in [0.25, 0.3) is 5.56 Å². The van der Waals surface area contributed by atoms with Crippen molar-refractivity contribution in [1.29, 1.82) is 0 Å². The maximum absolute atomic E-state index is 13.7. The summed E-state index contributed by atoms with van der Waals surface area (Å²) in [6, 6.07) is 9.79. The van der Waals surface area contributed by atoms with Crippen LogP contribution in [0.25, 0.3) is 15.9 Å². The number of carbonyl (C=O) groups excluding carboxylic acids is 1. The van der Waals surface area contributed by atoms with E-state index in [0.29, 0.717) is 55.4 Å². The maximum atomic E-state index is 13.7. The van der Waals surface area contributed by atoms with Crippen molar-refractivity contribution in [3.05, 3.63) is 72.8 Å². The van der Waals surface area contributed by atoms with E-state index in [2.05, 4.69) is 5.32 Å². The number of thiophene rings is 1.